The highest BCUT2D eigenvalue weighted by molar-refractivity contribution is 5.95. The fourth-order valence-corrected chi connectivity index (χ4v) is 1.66. The van der Waals surface area contributed by atoms with Crippen LogP contribution in [-0.4, -0.2) is 18.0 Å². The first-order chi connectivity index (χ1) is 10.0. The molecule has 0 amide bonds. The summed E-state index contributed by atoms with van der Waals surface area (Å²) in [5, 5.41) is 10.8. The minimum atomic E-state index is -0.949. The average molecular weight is 291 g/mol. The number of hydrogen-bond donors (Lipinski definition) is 0. The van der Waals surface area contributed by atoms with E-state index in [0.717, 1.165) is 12.1 Å². The fraction of sp³-hybridized carbons (Fsp3) is 0.0714. The summed E-state index contributed by atoms with van der Waals surface area (Å²) in [6.45, 7) is 0. The second-order valence-corrected chi connectivity index (χ2v) is 3.99. The molecule has 0 saturated carbocycles. The lowest BCUT2D eigenvalue weighted by molar-refractivity contribution is -0.385. The first-order valence-corrected chi connectivity index (χ1v) is 5.81. The molecule has 0 aromatic heterocycles. The lowest BCUT2D eigenvalue weighted by Crippen LogP contribution is -2.11. The zero-order valence-corrected chi connectivity index (χ0v) is 10.9. The second kappa shape index (κ2) is 6.00. The van der Waals surface area contributed by atoms with Crippen LogP contribution in [0.25, 0.3) is 0 Å². The van der Waals surface area contributed by atoms with Gasteiger partial charge in [0.1, 0.15) is 22.9 Å². The molecule has 0 atom stereocenters. The number of nitro groups is 1. The molecule has 0 aliphatic rings. The van der Waals surface area contributed by atoms with Gasteiger partial charge >= 0.3 is 5.97 Å². The molecular formula is C14H10FNO5. The van der Waals surface area contributed by atoms with Crippen LogP contribution < -0.4 is 9.47 Å². The molecule has 2 aromatic carbocycles. The summed E-state index contributed by atoms with van der Waals surface area (Å²) in [4.78, 5) is 22.0. The highest BCUT2D eigenvalue weighted by atomic mass is 19.1. The summed E-state index contributed by atoms with van der Waals surface area (Å²) in [6, 6.07) is 8.83. The highest BCUT2D eigenvalue weighted by Gasteiger charge is 2.22. The number of ether oxygens (including phenoxy) is 2. The van der Waals surface area contributed by atoms with Crippen LogP contribution in [-0.2, 0) is 0 Å². The molecule has 6 nitrogen and oxygen atoms in total. The molecule has 0 fully saturated rings. The molecule has 0 N–H and O–H groups in total. The Morgan fingerprint density at radius 3 is 2.57 bits per heavy atom. The van der Waals surface area contributed by atoms with Gasteiger partial charge < -0.3 is 9.47 Å². The molecular weight excluding hydrogens is 281 g/mol. The van der Waals surface area contributed by atoms with Gasteiger partial charge in [-0.05, 0) is 24.3 Å². The number of nitrogens with zero attached hydrogens (tertiary/aromatic N) is 1. The number of rotatable bonds is 4. The van der Waals surface area contributed by atoms with Gasteiger partial charge in [-0.3, -0.25) is 10.1 Å². The summed E-state index contributed by atoms with van der Waals surface area (Å²) in [5.74, 6) is -1.12. The van der Waals surface area contributed by atoms with Crippen LogP contribution in [0, 0.1) is 15.9 Å². The third-order valence-electron chi connectivity index (χ3n) is 2.63. The van der Waals surface area contributed by atoms with Gasteiger partial charge in [0.25, 0.3) is 5.69 Å². The van der Waals surface area contributed by atoms with Crippen molar-refractivity contribution in [2.75, 3.05) is 7.11 Å². The Kier molecular flexibility index (Phi) is 4.13. The minimum Gasteiger partial charge on any atom is -0.497 e. The summed E-state index contributed by atoms with van der Waals surface area (Å²) in [6.07, 6.45) is 0. The van der Waals surface area contributed by atoms with Crippen LogP contribution in [0.1, 0.15) is 10.4 Å². The van der Waals surface area contributed by atoms with Crippen molar-refractivity contribution in [2.24, 2.45) is 0 Å². The first kappa shape index (κ1) is 14.4. The largest absolute Gasteiger partial charge is 0.497 e. The maximum Gasteiger partial charge on any atom is 0.350 e. The van der Waals surface area contributed by atoms with Crippen molar-refractivity contribution in [2.45, 2.75) is 0 Å². The minimum absolute atomic E-state index is 0.165. The lowest BCUT2D eigenvalue weighted by Gasteiger charge is -2.06. The van der Waals surface area contributed by atoms with Gasteiger partial charge in [0.2, 0.25) is 0 Å². The van der Waals surface area contributed by atoms with Crippen LogP contribution in [0.15, 0.2) is 42.5 Å². The molecule has 0 aliphatic heterocycles. The molecule has 0 heterocycles. The molecule has 7 heteroatoms. The Labute approximate surface area is 118 Å². The molecule has 108 valence electrons. The van der Waals surface area contributed by atoms with E-state index in [1.807, 2.05) is 0 Å². The Morgan fingerprint density at radius 1 is 1.19 bits per heavy atom. The molecule has 2 aromatic rings. The van der Waals surface area contributed by atoms with Crippen LogP contribution in [0.3, 0.4) is 0 Å². The molecule has 0 saturated heterocycles. The van der Waals surface area contributed by atoms with E-state index in [-0.39, 0.29) is 11.3 Å². The van der Waals surface area contributed by atoms with E-state index in [0.29, 0.717) is 11.8 Å². The zero-order chi connectivity index (χ0) is 15.4. The number of carbonyl (C=O) groups excluding carboxylic acids is 1. The second-order valence-electron chi connectivity index (χ2n) is 3.99. The molecule has 0 spiro atoms. The molecule has 2 rings (SSSR count). The Balaban J connectivity index is 2.30. The number of benzene rings is 2. The third kappa shape index (κ3) is 3.33. The number of nitro benzene ring substituents is 1. The number of esters is 1. The van der Waals surface area contributed by atoms with Gasteiger partial charge in [0, 0.05) is 6.07 Å². The Hall–Kier alpha value is -2.96. The molecule has 21 heavy (non-hydrogen) atoms. The predicted molar refractivity (Wildman–Crippen MR) is 71.0 cm³/mol. The molecule has 0 radical (unpaired) electrons. The molecule has 0 bridgehead atoms. The highest BCUT2D eigenvalue weighted by Crippen LogP contribution is 2.24. The van der Waals surface area contributed by atoms with E-state index in [1.165, 1.54) is 19.2 Å². The van der Waals surface area contributed by atoms with Gasteiger partial charge in [-0.1, -0.05) is 6.07 Å². The third-order valence-corrected chi connectivity index (χ3v) is 2.63. The zero-order valence-electron chi connectivity index (χ0n) is 10.9. The fourth-order valence-electron chi connectivity index (χ4n) is 1.66. The number of hydrogen-bond acceptors (Lipinski definition) is 5. The monoisotopic (exact) mass is 291 g/mol. The van der Waals surface area contributed by atoms with Crippen molar-refractivity contribution in [3.05, 3.63) is 64.0 Å². The predicted octanol–water partition coefficient (Wildman–Crippen LogP) is 2.96. The van der Waals surface area contributed by atoms with E-state index in [4.69, 9.17) is 9.47 Å². The maximum atomic E-state index is 13.0. The summed E-state index contributed by atoms with van der Waals surface area (Å²) in [5.41, 5.74) is -0.980. The molecule has 0 unspecified atom stereocenters. The average Bonchev–Trinajstić information content (AvgIpc) is 2.47. The van der Waals surface area contributed by atoms with E-state index in [9.17, 15) is 19.3 Å². The SMILES string of the molecule is COc1cccc(OC(=O)c2ccc(F)cc2[N+](=O)[O-])c1. The van der Waals surface area contributed by atoms with Crippen molar-refractivity contribution in [1.82, 2.24) is 0 Å². The van der Waals surface area contributed by atoms with E-state index in [1.54, 1.807) is 12.1 Å². The lowest BCUT2D eigenvalue weighted by atomic mass is 10.2. The topological polar surface area (TPSA) is 78.7 Å². The molecule has 0 aliphatic carbocycles. The summed E-state index contributed by atoms with van der Waals surface area (Å²) < 4.78 is 23.0. The van der Waals surface area contributed by atoms with E-state index < -0.39 is 22.4 Å². The quantitative estimate of drug-likeness (QED) is 0.374. The van der Waals surface area contributed by atoms with Crippen LogP contribution in [0.2, 0.25) is 0 Å². The van der Waals surface area contributed by atoms with Gasteiger partial charge in [0.05, 0.1) is 18.1 Å². The van der Waals surface area contributed by atoms with Gasteiger partial charge in [-0.25, -0.2) is 9.18 Å². The van der Waals surface area contributed by atoms with Crippen molar-refractivity contribution in [3.8, 4) is 11.5 Å². The smallest absolute Gasteiger partial charge is 0.350 e. The van der Waals surface area contributed by atoms with Crippen molar-refractivity contribution in [3.63, 3.8) is 0 Å². The first-order valence-electron chi connectivity index (χ1n) is 5.81. The number of carbonyl (C=O) groups is 1. The van der Waals surface area contributed by atoms with Gasteiger partial charge in [0.15, 0.2) is 0 Å². The van der Waals surface area contributed by atoms with Crippen LogP contribution in [0.4, 0.5) is 10.1 Å². The van der Waals surface area contributed by atoms with Crippen LogP contribution in [0.5, 0.6) is 11.5 Å². The van der Waals surface area contributed by atoms with Crippen molar-refractivity contribution >= 4 is 11.7 Å². The number of halogens is 1. The van der Waals surface area contributed by atoms with Gasteiger partial charge in [-0.2, -0.15) is 0 Å². The van der Waals surface area contributed by atoms with E-state index >= 15 is 0 Å². The summed E-state index contributed by atoms with van der Waals surface area (Å²) in [7, 11) is 1.45. The van der Waals surface area contributed by atoms with Crippen molar-refractivity contribution < 1.29 is 23.6 Å². The summed E-state index contributed by atoms with van der Waals surface area (Å²) >= 11 is 0. The standard InChI is InChI=1S/C14H10FNO5/c1-20-10-3-2-4-11(8-10)21-14(17)12-6-5-9(15)7-13(12)16(18)19/h2-8H,1H3. The Bertz CT molecular complexity index is 702. The van der Waals surface area contributed by atoms with Crippen LogP contribution >= 0.6 is 0 Å². The Morgan fingerprint density at radius 2 is 1.90 bits per heavy atom. The maximum absolute atomic E-state index is 13.0. The number of methoxy groups -OCH3 is 1. The van der Waals surface area contributed by atoms with E-state index in [2.05, 4.69) is 0 Å². The normalized spacial score (nSPS) is 10.0. The van der Waals surface area contributed by atoms with Crippen molar-refractivity contribution in [1.29, 1.82) is 0 Å². The van der Waals surface area contributed by atoms with Gasteiger partial charge in [-0.15, -0.1) is 0 Å².